The quantitative estimate of drug-likeness (QED) is 0.754. The van der Waals surface area contributed by atoms with Gasteiger partial charge in [0.05, 0.1) is 7.11 Å². The summed E-state index contributed by atoms with van der Waals surface area (Å²) >= 11 is 0. The van der Waals surface area contributed by atoms with Crippen molar-refractivity contribution < 1.29 is 9.47 Å². The van der Waals surface area contributed by atoms with Crippen molar-refractivity contribution >= 4 is 0 Å². The maximum Gasteiger partial charge on any atom is 0.119 e. The number of rotatable bonds is 4. The molecular formula is C13H18O2. The van der Waals surface area contributed by atoms with Crippen molar-refractivity contribution in [2.45, 2.75) is 25.2 Å². The van der Waals surface area contributed by atoms with Crippen molar-refractivity contribution in [1.29, 1.82) is 0 Å². The third-order valence-corrected chi connectivity index (χ3v) is 3.23. The van der Waals surface area contributed by atoms with Gasteiger partial charge in [0.1, 0.15) is 5.75 Å². The minimum Gasteiger partial charge on any atom is -0.497 e. The lowest BCUT2D eigenvalue weighted by atomic mass is 9.98. The fourth-order valence-corrected chi connectivity index (χ4v) is 2.35. The van der Waals surface area contributed by atoms with Gasteiger partial charge in [0, 0.05) is 13.7 Å². The van der Waals surface area contributed by atoms with Crippen LogP contribution in [0.25, 0.3) is 0 Å². The van der Waals surface area contributed by atoms with E-state index in [0.717, 1.165) is 18.8 Å². The van der Waals surface area contributed by atoms with E-state index >= 15 is 0 Å². The second-order valence-electron chi connectivity index (χ2n) is 4.08. The summed E-state index contributed by atoms with van der Waals surface area (Å²) in [6, 6.07) is 6.43. The topological polar surface area (TPSA) is 18.5 Å². The van der Waals surface area contributed by atoms with E-state index in [4.69, 9.17) is 9.47 Å². The van der Waals surface area contributed by atoms with Crippen LogP contribution in [0.2, 0.25) is 0 Å². The number of hydrogen-bond donors (Lipinski definition) is 0. The lowest BCUT2D eigenvalue weighted by molar-refractivity contribution is 0.187. The van der Waals surface area contributed by atoms with Crippen LogP contribution in [0.5, 0.6) is 5.75 Å². The van der Waals surface area contributed by atoms with E-state index < -0.39 is 0 Å². The van der Waals surface area contributed by atoms with E-state index in [2.05, 4.69) is 18.2 Å². The highest BCUT2D eigenvalue weighted by Crippen LogP contribution is 2.37. The van der Waals surface area contributed by atoms with Crippen molar-refractivity contribution in [3.8, 4) is 5.75 Å². The summed E-state index contributed by atoms with van der Waals surface area (Å²) in [7, 11) is 3.49. The smallest absolute Gasteiger partial charge is 0.119 e. The van der Waals surface area contributed by atoms with E-state index in [0.29, 0.717) is 5.92 Å². The Morgan fingerprint density at radius 2 is 2.20 bits per heavy atom. The first kappa shape index (κ1) is 10.5. The molecule has 1 atom stereocenters. The summed E-state index contributed by atoms with van der Waals surface area (Å²) in [5.41, 5.74) is 2.95. The first-order valence-electron chi connectivity index (χ1n) is 5.51. The van der Waals surface area contributed by atoms with Crippen LogP contribution < -0.4 is 4.74 Å². The van der Waals surface area contributed by atoms with Crippen molar-refractivity contribution in [1.82, 2.24) is 0 Å². The van der Waals surface area contributed by atoms with Gasteiger partial charge in [-0.15, -0.1) is 0 Å². The van der Waals surface area contributed by atoms with Crippen molar-refractivity contribution in [2.75, 3.05) is 20.8 Å². The maximum absolute atomic E-state index is 5.26. The summed E-state index contributed by atoms with van der Waals surface area (Å²) < 4.78 is 10.4. The molecule has 0 bridgehead atoms. The third-order valence-electron chi connectivity index (χ3n) is 3.23. The van der Waals surface area contributed by atoms with Crippen LogP contribution in [0, 0.1) is 0 Å². The molecule has 82 valence electrons. The molecule has 0 saturated carbocycles. The first-order valence-corrected chi connectivity index (χ1v) is 5.51. The van der Waals surface area contributed by atoms with Gasteiger partial charge in [-0.05, 0) is 48.4 Å². The molecule has 1 unspecified atom stereocenters. The van der Waals surface area contributed by atoms with Gasteiger partial charge < -0.3 is 9.47 Å². The minimum atomic E-state index is 0.662. The average Bonchev–Trinajstić information content (AvgIpc) is 2.68. The van der Waals surface area contributed by atoms with Crippen molar-refractivity contribution in [3.05, 3.63) is 29.3 Å². The van der Waals surface area contributed by atoms with E-state index in [1.165, 1.54) is 24.0 Å². The van der Waals surface area contributed by atoms with Crippen LogP contribution >= 0.6 is 0 Å². The molecule has 0 N–H and O–H groups in total. The summed E-state index contributed by atoms with van der Waals surface area (Å²) in [6.45, 7) is 0.849. The van der Waals surface area contributed by atoms with Gasteiger partial charge in [0.2, 0.25) is 0 Å². The molecule has 1 aliphatic carbocycles. The van der Waals surface area contributed by atoms with Crippen LogP contribution in [0.4, 0.5) is 0 Å². The van der Waals surface area contributed by atoms with Gasteiger partial charge in [0.25, 0.3) is 0 Å². The van der Waals surface area contributed by atoms with E-state index in [9.17, 15) is 0 Å². The first-order chi connectivity index (χ1) is 7.35. The molecule has 2 rings (SSSR count). The van der Waals surface area contributed by atoms with E-state index in [1.807, 2.05) is 0 Å². The Hall–Kier alpha value is -1.02. The molecule has 0 fully saturated rings. The molecule has 1 aromatic carbocycles. The normalized spacial score (nSPS) is 18.9. The zero-order valence-electron chi connectivity index (χ0n) is 9.45. The summed E-state index contributed by atoms with van der Waals surface area (Å²) in [5, 5.41) is 0. The monoisotopic (exact) mass is 206 g/mol. The van der Waals surface area contributed by atoms with Crippen LogP contribution in [0.1, 0.15) is 29.9 Å². The molecule has 15 heavy (non-hydrogen) atoms. The van der Waals surface area contributed by atoms with Crippen molar-refractivity contribution in [2.24, 2.45) is 0 Å². The second kappa shape index (κ2) is 4.67. The van der Waals surface area contributed by atoms with Gasteiger partial charge in [-0.2, -0.15) is 0 Å². The Labute approximate surface area is 91.2 Å². The minimum absolute atomic E-state index is 0.662. The molecule has 0 amide bonds. The SMILES string of the molecule is COCCC1CCc2ccc(OC)cc21. The lowest BCUT2D eigenvalue weighted by Crippen LogP contribution is -1.99. The van der Waals surface area contributed by atoms with Crippen LogP contribution in [-0.4, -0.2) is 20.8 Å². The van der Waals surface area contributed by atoms with Crippen LogP contribution in [0.15, 0.2) is 18.2 Å². The van der Waals surface area contributed by atoms with Gasteiger partial charge in [0.15, 0.2) is 0 Å². The van der Waals surface area contributed by atoms with E-state index in [1.54, 1.807) is 14.2 Å². The Morgan fingerprint density at radius 1 is 1.33 bits per heavy atom. The van der Waals surface area contributed by atoms with Gasteiger partial charge in [-0.1, -0.05) is 6.07 Å². The Bertz CT molecular complexity index is 333. The highest BCUT2D eigenvalue weighted by Gasteiger charge is 2.22. The predicted octanol–water partition coefficient (Wildman–Crippen LogP) is 2.76. The second-order valence-corrected chi connectivity index (χ2v) is 4.08. The molecule has 0 aliphatic heterocycles. The molecule has 2 heteroatoms. The highest BCUT2D eigenvalue weighted by molar-refractivity contribution is 5.41. The molecule has 1 aromatic rings. The number of benzene rings is 1. The Balaban J connectivity index is 2.16. The molecule has 2 nitrogen and oxygen atoms in total. The summed E-state index contributed by atoms with van der Waals surface area (Å²) in [5.74, 6) is 1.63. The standard InChI is InChI=1S/C13H18O2/c1-14-8-7-11-4-3-10-5-6-12(15-2)9-13(10)11/h5-6,9,11H,3-4,7-8H2,1-2H3. The van der Waals surface area contributed by atoms with E-state index in [-0.39, 0.29) is 0 Å². The summed E-state index contributed by atoms with van der Waals surface area (Å²) in [4.78, 5) is 0. The molecule has 0 spiro atoms. The third kappa shape index (κ3) is 2.15. The number of ether oxygens (including phenoxy) is 2. The zero-order chi connectivity index (χ0) is 10.7. The zero-order valence-corrected chi connectivity index (χ0v) is 9.45. The Kier molecular flexibility index (Phi) is 3.27. The number of aryl methyl sites for hydroxylation is 1. The highest BCUT2D eigenvalue weighted by atomic mass is 16.5. The molecule has 0 saturated heterocycles. The predicted molar refractivity (Wildman–Crippen MR) is 60.5 cm³/mol. The van der Waals surface area contributed by atoms with Gasteiger partial charge in [-0.25, -0.2) is 0 Å². The molecule has 1 aliphatic rings. The maximum atomic E-state index is 5.26. The number of fused-ring (bicyclic) bond motifs is 1. The number of hydrogen-bond acceptors (Lipinski definition) is 2. The average molecular weight is 206 g/mol. The summed E-state index contributed by atoms with van der Waals surface area (Å²) in [6.07, 6.45) is 3.58. The fraction of sp³-hybridized carbons (Fsp3) is 0.538. The van der Waals surface area contributed by atoms with Crippen LogP contribution in [-0.2, 0) is 11.2 Å². The fourth-order valence-electron chi connectivity index (χ4n) is 2.35. The van der Waals surface area contributed by atoms with Crippen molar-refractivity contribution in [3.63, 3.8) is 0 Å². The number of methoxy groups -OCH3 is 2. The molecule has 0 radical (unpaired) electrons. The van der Waals surface area contributed by atoms with Gasteiger partial charge >= 0.3 is 0 Å². The Morgan fingerprint density at radius 3 is 2.93 bits per heavy atom. The molecule has 0 heterocycles. The molecular weight excluding hydrogens is 188 g/mol. The molecule has 0 aromatic heterocycles. The van der Waals surface area contributed by atoms with Crippen LogP contribution in [0.3, 0.4) is 0 Å². The van der Waals surface area contributed by atoms with Gasteiger partial charge in [-0.3, -0.25) is 0 Å². The largest absolute Gasteiger partial charge is 0.497 e. The lowest BCUT2D eigenvalue weighted by Gasteiger charge is -2.11.